The molecule has 0 saturated carbocycles. The van der Waals surface area contributed by atoms with E-state index in [0.29, 0.717) is 0 Å². The van der Waals surface area contributed by atoms with Gasteiger partial charge in [0.1, 0.15) is 0 Å². The summed E-state index contributed by atoms with van der Waals surface area (Å²) in [5.74, 6) is 0. The molecule has 64 valence electrons. The van der Waals surface area contributed by atoms with Crippen LogP contribution in [-0.4, -0.2) is 11.7 Å². The summed E-state index contributed by atoms with van der Waals surface area (Å²) < 4.78 is 0. The maximum absolute atomic E-state index is 8.50. The Labute approximate surface area is 69.4 Å². The lowest BCUT2D eigenvalue weighted by Gasteiger charge is -2.12. The summed E-state index contributed by atoms with van der Waals surface area (Å²) in [6.45, 7) is 8.22. The summed E-state index contributed by atoms with van der Waals surface area (Å²) in [5.41, 5.74) is 0.0927. The molecule has 0 bridgehead atoms. The molecule has 0 heterocycles. The zero-order valence-corrected chi connectivity index (χ0v) is 7.51. The van der Waals surface area contributed by atoms with Crippen LogP contribution in [0.25, 0.3) is 0 Å². The molecule has 0 atom stereocenters. The van der Waals surface area contributed by atoms with Gasteiger partial charge in [-0.2, -0.15) is 0 Å². The first-order valence-electron chi connectivity index (χ1n) is 4.04. The van der Waals surface area contributed by atoms with Crippen LogP contribution in [0, 0.1) is 5.41 Å². The van der Waals surface area contributed by atoms with Gasteiger partial charge in [0.2, 0.25) is 0 Å². The summed E-state index contributed by atoms with van der Waals surface area (Å²) >= 11 is 0. The molecule has 0 saturated heterocycles. The van der Waals surface area contributed by atoms with Crippen molar-refractivity contribution in [3.05, 3.63) is 24.8 Å². The molecule has 1 heteroatoms. The highest BCUT2D eigenvalue weighted by atomic mass is 16.2. The van der Waals surface area contributed by atoms with E-state index in [-0.39, 0.29) is 12.0 Å². The van der Waals surface area contributed by atoms with Gasteiger partial charge >= 0.3 is 0 Å². The molecular weight excluding hydrogens is 136 g/mol. The second-order valence-electron chi connectivity index (χ2n) is 3.29. The molecule has 0 spiro atoms. The Balaban J connectivity index is 3.63. The molecule has 0 aliphatic rings. The van der Waals surface area contributed by atoms with Crippen molar-refractivity contribution in [2.45, 2.75) is 26.7 Å². The van der Waals surface area contributed by atoms with Gasteiger partial charge in [0.15, 0.2) is 0 Å². The molecule has 1 N–H and O–H groups in total. The first kappa shape index (κ1) is 10.4. The number of allylic oxidation sites excluding steroid dienone is 3. The number of aliphatic hydroxyl groups excluding tert-OH is 1. The second-order valence-corrected chi connectivity index (χ2v) is 3.29. The van der Waals surface area contributed by atoms with Crippen molar-refractivity contribution in [1.29, 1.82) is 0 Å². The molecule has 0 fully saturated rings. The first-order valence-corrected chi connectivity index (χ1v) is 4.04. The van der Waals surface area contributed by atoms with Gasteiger partial charge in [-0.05, 0) is 12.8 Å². The van der Waals surface area contributed by atoms with Gasteiger partial charge in [-0.1, -0.05) is 32.1 Å². The fourth-order valence-corrected chi connectivity index (χ4v) is 0.664. The summed E-state index contributed by atoms with van der Waals surface area (Å²) in [6.07, 6.45) is 7.94. The average Bonchev–Trinajstić information content (AvgIpc) is 1.99. The van der Waals surface area contributed by atoms with E-state index < -0.39 is 0 Å². The minimum absolute atomic E-state index is 0.0927. The van der Waals surface area contributed by atoms with Crippen molar-refractivity contribution < 1.29 is 5.11 Å². The quantitative estimate of drug-likeness (QED) is 0.476. The summed E-state index contributed by atoms with van der Waals surface area (Å²) in [5, 5.41) is 8.50. The maximum atomic E-state index is 8.50. The van der Waals surface area contributed by atoms with E-state index in [9.17, 15) is 0 Å². The normalized spacial score (nSPS) is 12.3. The van der Waals surface area contributed by atoms with E-state index in [1.165, 1.54) is 0 Å². The van der Waals surface area contributed by atoms with Gasteiger partial charge < -0.3 is 5.11 Å². The Hall–Kier alpha value is -0.560. The number of rotatable bonds is 5. The van der Waals surface area contributed by atoms with Gasteiger partial charge in [0.05, 0.1) is 0 Å². The molecular formula is C10H18O. The second kappa shape index (κ2) is 5.14. The fraction of sp³-hybridized carbons (Fsp3) is 0.600. The Morgan fingerprint density at radius 2 is 2.09 bits per heavy atom. The van der Waals surface area contributed by atoms with Crippen molar-refractivity contribution in [3.8, 4) is 0 Å². The Morgan fingerprint density at radius 1 is 1.45 bits per heavy atom. The van der Waals surface area contributed by atoms with Crippen LogP contribution in [0.1, 0.15) is 26.7 Å². The number of hydrogen-bond donors (Lipinski definition) is 1. The maximum Gasteiger partial charge on any atom is 0.0433 e. The van der Waals surface area contributed by atoms with Crippen molar-refractivity contribution in [2.75, 3.05) is 6.61 Å². The van der Waals surface area contributed by atoms with E-state index in [2.05, 4.69) is 32.6 Å². The van der Waals surface area contributed by atoms with Gasteiger partial charge in [-0.25, -0.2) is 0 Å². The van der Waals surface area contributed by atoms with Crippen LogP contribution >= 0.6 is 0 Å². The smallest absolute Gasteiger partial charge is 0.0433 e. The number of hydrogen-bond acceptors (Lipinski definition) is 1. The molecule has 0 unspecified atom stereocenters. The topological polar surface area (TPSA) is 20.2 Å². The number of unbranched alkanes of at least 4 members (excludes halogenated alkanes) is 1. The summed E-state index contributed by atoms with van der Waals surface area (Å²) in [7, 11) is 0. The zero-order chi connectivity index (χ0) is 8.74. The highest BCUT2D eigenvalue weighted by Gasteiger charge is 2.05. The van der Waals surface area contributed by atoms with Gasteiger partial charge in [0, 0.05) is 12.0 Å². The molecule has 0 rings (SSSR count). The monoisotopic (exact) mass is 154 g/mol. The summed E-state index contributed by atoms with van der Waals surface area (Å²) in [4.78, 5) is 0. The Kier molecular flexibility index (Phi) is 4.88. The molecule has 0 aromatic carbocycles. The van der Waals surface area contributed by atoms with Crippen molar-refractivity contribution in [1.82, 2.24) is 0 Å². The molecule has 0 aliphatic heterocycles. The lowest BCUT2D eigenvalue weighted by molar-refractivity contribution is 0.289. The average molecular weight is 154 g/mol. The van der Waals surface area contributed by atoms with Gasteiger partial charge in [-0.15, -0.1) is 6.58 Å². The minimum atomic E-state index is 0.0927. The Bertz CT molecular complexity index is 134. The SMILES string of the molecule is C=CC(C)(C)/C=C/CCCO. The van der Waals surface area contributed by atoms with Crippen molar-refractivity contribution in [2.24, 2.45) is 5.41 Å². The Morgan fingerprint density at radius 3 is 2.55 bits per heavy atom. The van der Waals surface area contributed by atoms with E-state index >= 15 is 0 Å². The van der Waals surface area contributed by atoms with E-state index in [0.717, 1.165) is 12.8 Å². The molecule has 0 radical (unpaired) electrons. The van der Waals surface area contributed by atoms with E-state index in [1.54, 1.807) is 0 Å². The van der Waals surface area contributed by atoms with E-state index in [1.807, 2.05) is 6.08 Å². The van der Waals surface area contributed by atoms with Gasteiger partial charge in [-0.3, -0.25) is 0 Å². The van der Waals surface area contributed by atoms with Crippen LogP contribution in [0.5, 0.6) is 0 Å². The summed E-state index contributed by atoms with van der Waals surface area (Å²) in [6, 6.07) is 0. The molecule has 0 amide bonds. The predicted molar refractivity (Wildman–Crippen MR) is 49.4 cm³/mol. The third-order valence-electron chi connectivity index (χ3n) is 1.60. The standard InChI is InChI=1S/C10H18O/c1-4-10(2,3)8-6-5-7-9-11/h4,6,8,11H,1,5,7,9H2,2-3H3/b8-6+. The zero-order valence-electron chi connectivity index (χ0n) is 7.51. The largest absolute Gasteiger partial charge is 0.396 e. The molecule has 11 heavy (non-hydrogen) atoms. The minimum Gasteiger partial charge on any atom is -0.396 e. The third kappa shape index (κ3) is 5.86. The van der Waals surface area contributed by atoms with Crippen LogP contribution in [0.4, 0.5) is 0 Å². The van der Waals surface area contributed by atoms with Gasteiger partial charge in [0.25, 0.3) is 0 Å². The van der Waals surface area contributed by atoms with E-state index in [4.69, 9.17) is 5.11 Å². The van der Waals surface area contributed by atoms with Crippen LogP contribution in [0.2, 0.25) is 0 Å². The highest BCUT2D eigenvalue weighted by Crippen LogP contribution is 2.17. The molecule has 0 aliphatic carbocycles. The molecule has 0 aromatic heterocycles. The van der Waals surface area contributed by atoms with Crippen LogP contribution in [-0.2, 0) is 0 Å². The van der Waals surface area contributed by atoms with Crippen LogP contribution < -0.4 is 0 Å². The first-order chi connectivity index (χ1) is 5.12. The lowest BCUT2D eigenvalue weighted by atomic mass is 9.93. The third-order valence-corrected chi connectivity index (χ3v) is 1.60. The van der Waals surface area contributed by atoms with Crippen molar-refractivity contribution >= 4 is 0 Å². The lowest BCUT2D eigenvalue weighted by Crippen LogP contribution is -2.00. The molecule has 1 nitrogen and oxygen atoms in total. The predicted octanol–water partition coefficient (Wildman–Crippen LogP) is 2.53. The highest BCUT2D eigenvalue weighted by molar-refractivity contribution is 5.04. The fourth-order valence-electron chi connectivity index (χ4n) is 0.664. The number of aliphatic hydroxyl groups is 1. The van der Waals surface area contributed by atoms with Crippen molar-refractivity contribution in [3.63, 3.8) is 0 Å². The van der Waals surface area contributed by atoms with Crippen LogP contribution in [0.15, 0.2) is 24.8 Å². The molecule has 0 aromatic rings. The van der Waals surface area contributed by atoms with Crippen LogP contribution in [0.3, 0.4) is 0 Å².